The molecule has 1 saturated carbocycles. The second-order valence-electron chi connectivity index (χ2n) is 7.45. The fraction of sp³-hybridized carbons (Fsp3) is 0.478. The van der Waals surface area contributed by atoms with Crippen molar-refractivity contribution in [2.75, 3.05) is 0 Å². The van der Waals surface area contributed by atoms with Gasteiger partial charge in [0.05, 0.1) is 0 Å². The second-order valence-corrected chi connectivity index (χ2v) is 7.45. The normalized spacial score (nSPS) is 21.7. The van der Waals surface area contributed by atoms with Crippen LogP contribution in [0.1, 0.15) is 57.9 Å². The number of unbranched alkanes of at least 4 members (excludes halogenated alkanes) is 1. The van der Waals surface area contributed by atoms with Gasteiger partial charge in [0.15, 0.2) is 0 Å². The van der Waals surface area contributed by atoms with Gasteiger partial charge in [0, 0.05) is 5.92 Å². The van der Waals surface area contributed by atoms with Gasteiger partial charge in [0.25, 0.3) is 0 Å². The lowest BCUT2D eigenvalue weighted by atomic mass is 9.78. The highest BCUT2D eigenvalue weighted by atomic mass is 14.4. The molecule has 0 heterocycles. The molecular weight excluding hydrogens is 276 g/mol. The van der Waals surface area contributed by atoms with Crippen molar-refractivity contribution in [1.29, 1.82) is 0 Å². The lowest BCUT2D eigenvalue weighted by Gasteiger charge is -2.26. The Morgan fingerprint density at radius 1 is 1.22 bits per heavy atom. The highest BCUT2D eigenvalue weighted by Crippen LogP contribution is 2.45. The molecule has 1 fully saturated rings. The van der Waals surface area contributed by atoms with Crippen LogP contribution in [0.4, 0.5) is 0 Å². The van der Waals surface area contributed by atoms with Crippen LogP contribution < -0.4 is 0 Å². The first-order valence-corrected chi connectivity index (χ1v) is 9.32. The van der Waals surface area contributed by atoms with Crippen LogP contribution in [0.3, 0.4) is 0 Å². The van der Waals surface area contributed by atoms with Gasteiger partial charge in [-0.2, -0.15) is 0 Å². The van der Waals surface area contributed by atoms with Gasteiger partial charge in [0.1, 0.15) is 0 Å². The third kappa shape index (κ3) is 4.05. The molecule has 0 aliphatic heterocycles. The van der Waals surface area contributed by atoms with E-state index in [1.54, 1.807) is 0 Å². The van der Waals surface area contributed by atoms with Gasteiger partial charge in [0.2, 0.25) is 0 Å². The highest BCUT2D eigenvalue weighted by Gasteiger charge is 2.33. The minimum Gasteiger partial charge on any atom is -0.0995 e. The van der Waals surface area contributed by atoms with Crippen molar-refractivity contribution in [1.82, 2.24) is 0 Å². The largest absolute Gasteiger partial charge is 0.0995 e. The maximum absolute atomic E-state index is 4.49. The summed E-state index contributed by atoms with van der Waals surface area (Å²) in [6.07, 6.45) is 12.9. The fourth-order valence-corrected chi connectivity index (χ4v) is 3.83. The monoisotopic (exact) mass is 306 g/mol. The van der Waals surface area contributed by atoms with Crippen molar-refractivity contribution >= 4 is 5.57 Å². The molecule has 2 aliphatic rings. The molecule has 1 aromatic carbocycles. The molecule has 0 radical (unpaired) electrons. The smallest absolute Gasteiger partial charge is 0.00520 e. The Kier molecular flexibility index (Phi) is 5.20. The number of hydrogen-bond acceptors (Lipinski definition) is 0. The Bertz CT molecular complexity index is 598. The van der Waals surface area contributed by atoms with E-state index in [1.807, 2.05) is 0 Å². The second kappa shape index (κ2) is 7.34. The number of allylic oxidation sites excluding steroid dienone is 5. The maximum Gasteiger partial charge on any atom is 0.00520 e. The van der Waals surface area contributed by atoms with Crippen molar-refractivity contribution in [3.63, 3.8) is 0 Å². The van der Waals surface area contributed by atoms with E-state index in [-0.39, 0.29) is 0 Å². The summed E-state index contributed by atoms with van der Waals surface area (Å²) in [5.41, 5.74) is 5.75. The van der Waals surface area contributed by atoms with Gasteiger partial charge in [-0.1, -0.05) is 86.4 Å². The molecular formula is C23H30. The summed E-state index contributed by atoms with van der Waals surface area (Å²) in [6.45, 7) is 9.08. The molecule has 0 amide bonds. The minimum absolute atomic E-state index is 0.565. The van der Waals surface area contributed by atoms with E-state index >= 15 is 0 Å². The molecule has 1 aromatic rings. The first-order chi connectivity index (χ1) is 11.2. The Balaban J connectivity index is 1.79. The van der Waals surface area contributed by atoms with E-state index in [1.165, 1.54) is 60.8 Å². The summed E-state index contributed by atoms with van der Waals surface area (Å²) in [5.74, 6) is 2.17. The van der Waals surface area contributed by atoms with E-state index in [9.17, 15) is 0 Å². The number of hydrogen-bond donors (Lipinski definition) is 0. The Morgan fingerprint density at radius 2 is 1.96 bits per heavy atom. The molecule has 0 nitrogen and oxygen atoms in total. The SMILES string of the molecule is C=C(CCCC)C(CC1CC1)C1C=C(c2ccccc2)C=C1C. The van der Waals surface area contributed by atoms with Crippen molar-refractivity contribution < 1.29 is 0 Å². The summed E-state index contributed by atoms with van der Waals surface area (Å²) >= 11 is 0. The maximum atomic E-state index is 4.49. The highest BCUT2D eigenvalue weighted by molar-refractivity contribution is 5.78. The molecule has 2 aliphatic carbocycles. The Hall–Kier alpha value is -1.56. The van der Waals surface area contributed by atoms with E-state index < -0.39 is 0 Å². The third-order valence-electron chi connectivity index (χ3n) is 5.47. The zero-order valence-electron chi connectivity index (χ0n) is 14.7. The van der Waals surface area contributed by atoms with Crippen LogP contribution in [0.5, 0.6) is 0 Å². The number of rotatable bonds is 8. The lowest BCUT2D eigenvalue weighted by molar-refractivity contribution is 0.433. The van der Waals surface area contributed by atoms with Gasteiger partial charge in [-0.25, -0.2) is 0 Å². The zero-order chi connectivity index (χ0) is 16.2. The van der Waals surface area contributed by atoms with Crippen LogP contribution in [-0.4, -0.2) is 0 Å². The van der Waals surface area contributed by atoms with Crippen molar-refractivity contribution in [2.45, 2.75) is 52.4 Å². The van der Waals surface area contributed by atoms with Crippen LogP contribution in [-0.2, 0) is 0 Å². The zero-order valence-corrected chi connectivity index (χ0v) is 14.7. The minimum atomic E-state index is 0.565. The summed E-state index contributed by atoms with van der Waals surface area (Å²) in [7, 11) is 0. The lowest BCUT2D eigenvalue weighted by Crippen LogP contribution is -2.16. The summed E-state index contributed by atoms with van der Waals surface area (Å²) in [4.78, 5) is 0. The average molecular weight is 306 g/mol. The fourth-order valence-electron chi connectivity index (χ4n) is 3.83. The molecule has 23 heavy (non-hydrogen) atoms. The van der Waals surface area contributed by atoms with E-state index in [4.69, 9.17) is 0 Å². The average Bonchev–Trinajstić information content (AvgIpc) is 3.32. The van der Waals surface area contributed by atoms with Gasteiger partial charge >= 0.3 is 0 Å². The van der Waals surface area contributed by atoms with Crippen LogP contribution in [0.15, 0.2) is 60.2 Å². The predicted molar refractivity (Wildman–Crippen MR) is 101 cm³/mol. The van der Waals surface area contributed by atoms with Gasteiger partial charge in [-0.15, -0.1) is 0 Å². The van der Waals surface area contributed by atoms with Gasteiger partial charge in [-0.05, 0) is 49.2 Å². The van der Waals surface area contributed by atoms with E-state index in [2.05, 4.69) is 62.9 Å². The van der Waals surface area contributed by atoms with Crippen LogP contribution in [0, 0.1) is 17.8 Å². The molecule has 0 bridgehead atoms. The topological polar surface area (TPSA) is 0 Å². The van der Waals surface area contributed by atoms with Crippen molar-refractivity contribution in [2.24, 2.45) is 17.8 Å². The van der Waals surface area contributed by atoms with E-state index in [0.717, 1.165) is 5.92 Å². The molecule has 3 rings (SSSR count). The summed E-state index contributed by atoms with van der Waals surface area (Å²) in [5, 5.41) is 0. The molecule has 0 saturated heterocycles. The number of benzene rings is 1. The molecule has 0 aromatic heterocycles. The van der Waals surface area contributed by atoms with Crippen LogP contribution in [0.2, 0.25) is 0 Å². The van der Waals surface area contributed by atoms with Crippen LogP contribution >= 0.6 is 0 Å². The van der Waals surface area contributed by atoms with Crippen LogP contribution in [0.25, 0.3) is 5.57 Å². The quantitative estimate of drug-likeness (QED) is 0.463. The third-order valence-corrected chi connectivity index (χ3v) is 5.47. The van der Waals surface area contributed by atoms with Gasteiger partial charge < -0.3 is 0 Å². The van der Waals surface area contributed by atoms with Crippen molar-refractivity contribution in [3.8, 4) is 0 Å². The molecule has 0 spiro atoms. The molecule has 2 unspecified atom stereocenters. The standard InChI is InChI=1S/C23H30/c1-4-5-9-17(2)22(15-19-12-13-19)23-16-21(14-18(23)3)20-10-7-6-8-11-20/h6-8,10-11,14,16,19,22-23H,2,4-5,9,12-13,15H2,1,3H3. The summed E-state index contributed by atoms with van der Waals surface area (Å²) < 4.78 is 0. The Morgan fingerprint density at radius 3 is 2.61 bits per heavy atom. The predicted octanol–water partition coefficient (Wildman–Crippen LogP) is 6.81. The first-order valence-electron chi connectivity index (χ1n) is 9.32. The molecule has 2 atom stereocenters. The first kappa shape index (κ1) is 16.3. The van der Waals surface area contributed by atoms with Crippen molar-refractivity contribution in [3.05, 3.63) is 65.8 Å². The Labute approximate surface area is 142 Å². The molecule has 0 N–H and O–H groups in total. The molecule has 0 heteroatoms. The van der Waals surface area contributed by atoms with E-state index in [0.29, 0.717) is 11.8 Å². The van der Waals surface area contributed by atoms with Gasteiger partial charge in [-0.3, -0.25) is 0 Å². The molecule has 122 valence electrons. The summed E-state index contributed by atoms with van der Waals surface area (Å²) in [6, 6.07) is 10.8.